The van der Waals surface area contributed by atoms with Crippen molar-refractivity contribution >= 4 is 29.2 Å². The van der Waals surface area contributed by atoms with Crippen molar-refractivity contribution in [2.45, 2.75) is 26.1 Å². The number of carbonyl (C=O) groups excluding carboxylic acids is 1. The lowest BCUT2D eigenvalue weighted by atomic mass is 10.1. The molecule has 0 unspecified atom stereocenters. The molecule has 0 fully saturated rings. The smallest absolute Gasteiger partial charge is 0.306 e. The molecule has 2 rings (SSSR count). The quantitative estimate of drug-likeness (QED) is 0.817. The molecule has 0 atom stereocenters. The van der Waals surface area contributed by atoms with Crippen LogP contribution in [0.15, 0.2) is 36.7 Å². The Morgan fingerprint density at radius 2 is 1.68 bits per heavy atom. The molecule has 6 heteroatoms. The van der Waals surface area contributed by atoms with Crippen molar-refractivity contribution in [1.82, 2.24) is 4.98 Å². The van der Waals surface area contributed by atoms with Crippen LogP contribution in [-0.4, -0.2) is 16.1 Å². The third-order valence-corrected chi connectivity index (χ3v) is 3.79. The molecule has 0 aliphatic carbocycles. The number of esters is 1. The van der Waals surface area contributed by atoms with Gasteiger partial charge >= 0.3 is 5.97 Å². The minimum atomic E-state index is -0.324. The summed E-state index contributed by atoms with van der Waals surface area (Å²) in [6.07, 6.45) is 3.59. The summed E-state index contributed by atoms with van der Waals surface area (Å²) in [5.74, 6) is -0.324. The molecule has 0 aliphatic rings. The summed E-state index contributed by atoms with van der Waals surface area (Å²) in [7, 11) is 0. The van der Waals surface area contributed by atoms with Gasteiger partial charge < -0.3 is 9.84 Å². The van der Waals surface area contributed by atoms with Crippen molar-refractivity contribution in [3.8, 4) is 0 Å². The highest BCUT2D eigenvalue weighted by Crippen LogP contribution is 2.24. The maximum atomic E-state index is 11.8. The second-order valence-corrected chi connectivity index (χ2v) is 5.53. The van der Waals surface area contributed by atoms with Crippen LogP contribution in [0, 0.1) is 0 Å². The lowest BCUT2D eigenvalue weighted by Gasteiger charge is -2.07. The molecule has 0 saturated heterocycles. The molecule has 1 heterocycles. The molecule has 4 nitrogen and oxygen atoms in total. The Morgan fingerprint density at radius 1 is 1.09 bits per heavy atom. The number of hydrogen-bond acceptors (Lipinski definition) is 4. The second kappa shape index (κ2) is 8.13. The molecule has 22 heavy (non-hydrogen) atoms. The minimum Gasteiger partial charge on any atom is -0.461 e. The van der Waals surface area contributed by atoms with Gasteiger partial charge in [0, 0.05) is 18.8 Å². The molecule has 0 saturated carbocycles. The molecule has 1 aromatic heterocycles. The fourth-order valence-electron chi connectivity index (χ4n) is 1.88. The summed E-state index contributed by atoms with van der Waals surface area (Å²) >= 11 is 12.0. The van der Waals surface area contributed by atoms with Crippen LogP contribution >= 0.6 is 23.2 Å². The number of hydrogen-bond donors (Lipinski definition) is 1. The SMILES string of the molecule is O=C(CCc1c(Cl)cncc1Cl)OCc1ccc(CO)cc1. The van der Waals surface area contributed by atoms with Crippen molar-refractivity contribution in [3.05, 3.63) is 63.4 Å². The number of pyridine rings is 1. The first-order chi connectivity index (χ1) is 10.6. The fraction of sp³-hybridized carbons (Fsp3) is 0.250. The van der Waals surface area contributed by atoms with Crippen LogP contribution in [0.2, 0.25) is 10.0 Å². The second-order valence-electron chi connectivity index (χ2n) is 4.72. The molecule has 116 valence electrons. The molecule has 0 radical (unpaired) electrons. The normalized spacial score (nSPS) is 10.5. The van der Waals surface area contributed by atoms with Gasteiger partial charge in [0.05, 0.1) is 16.7 Å². The highest BCUT2D eigenvalue weighted by molar-refractivity contribution is 6.35. The number of aromatic nitrogens is 1. The number of nitrogens with zero attached hydrogens (tertiary/aromatic N) is 1. The Morgan fingerprint density at radius 3 is 2.27 bits per heavy atom. The lowest BCUT2D eigenvalue weighted by molar-refractivity contribution is -0.144. The van der Waals surface area contributed by atoms with E-state index in [-0.39, 0.29) is 25.6 Å². The number of rotatable bonds is 6. The Balaban J connectivity index is 1.83. The van der Waals surface area contributed by atoms with Crippen molar-refractivity contribution < 1.29 is 14.6 Å². The topological polar surface area (TPSA) is 59.4 Å². The van der Waals surface area contributed by atoms with Crippen molar-refractivity contribution in [2.24, 2.45) is 0 Å². The minimum absolute atomic E-state index is 0.00643. The van der Waals surface area contributed by atoms with E-state index in [1.165, 1.54) is 12.4 Å². The van der Waals surface area contributed by atoms with Crippen LogP contribution in [0.25, 0.3) is 0 Å². The summed E-state index contributed by atoms with van der Waals surface area (Å²) in [5, 5.41) is 9.85. The number of aliphatic hydroxyl groups is 1. The van der Waals surface area contributed by atoms with Gasteiger partial charge in [-0.05, 0) is 23.1 Å². The van der Waals surface area contributed by atoms with E-state index in [0.29, 0.717) is 22.0 Å². The zero-order chi connectivity index (χ0) is 15.9. The zero-order valence-electron chi connectivity index (χ0n) is 11.8. The average molecular weight is 340 g/mol. The van der Waals surface area contributed by atoms with Gasteiger partial charge in [-0.25, -0.2) is 0 Å². The first kappa shape index (κ1) is 16.7. The Hall–Kier alpha value is -1.62. The van der Waals surface area contributed by atoms with Gasteiger partial charge in [-0.1, -0.05) is 47.5 Å². The lowest BCUT2D eigenvalue weighted by Crippen LogP contribution is -2.06. The van der Waals surface area contributed by atoms with Crippen LogP contribution in [0.1, 0.15) is 23.1 Å². The van der Waals surface area contributed by atoms with Gasteiger partial charge in [0.2, 0.25) is 0 Å². The molecular formula is C16H15Cl2NO3. The molecule has 0 bridgehead atoms. The van der Waals surface area contributed by atoms with Gasteiger partial charge in [0.25, 0.3) is 0 Å². The van der Waals surface area contributed by atoms with E-state index in [4.69, 9.17) is 33.0 Å². The molecule has 0 aliphatic heterocycles. The molecule has 0 spiro atoms. The van der Waals surface area contributed by atoms with Gasteiger partial charge in [0.15, 0.2) is 0 Å². The van der Waals surface area contributed by atoms with Crippen LogP contribution in [0.3, 0.4) is 0 Å². The van der Waals surface area contributed by atoms with Crippen LogP contribution in [0.5, 0.6) is 0 Å². The molecular weight excluding hydrogens is 325 g/mol. The van der Waals surface area contributed by atoms with E-state index in [1.54, 1.807) is 12.1 Å². The third kappa shape index (κ3) is 4.70. The molecule has 1 aromatic carbocycles. The van der Waals surface area contributed by atoms with E-state index in [9.17, 15) is 4.79 Å². The van der Waals surface area contributed by atoms with E-state index < -0.39 is 0 Å². The molecule has 2 aromatic rings. The van der Waals surface area contributed by atoms with Gasteiger partial charge in [-0.15, -0.1) is 0 Å². The molecule has 1 N–H and O–H groups in total. The zero-order valence-corrected chi connectivity index (χ0v) is 13.3. The van der Waals surface area contributed by atoms with Gasteiger partial charge in [0.1, 0.15) is 6.61 Å². The average Bonchev–Trinajstić information content (AvgIpc) is 2.53. The van der Waals surface area contributed by atoms with Crippen molar-refractivity contribution in [1.29, 1.82) is 0 Å². The largest absolute Gasteiger partial charge is 0.461 e. The summed E-state index contributed by atoms with van der Waals surface area (Å²) in [6.45, 7) is 0.190. The van der Waals surface area contributed by atoms with Gasteiger partial charge in [-0.3, -0.25) is 9.78 Å². The third-order valence-electron chi connectivity index (χ3n) is 3.14. The first-order valence-electron chi connectivity index (χ1n) is 6.72. The monoisotopic (exact) mass is 339 g/mol. The number of ether oxygens (including phenoxy) is 1. The van der Waals surface area contributed by atoms with E-state index in [1.807, 2.05) is 12.1 Å². The number of benzene rings is 1. The number of aliphatic hydroxyl groups excluding tert-OH is 1. The number of halogens is 2. The predicted molar refractivity (Wildman–Crippen MR) is 84.7 cm³/mol. The summed E-state index contributed by atoms with van der Waals surface area (Å²) < 4.78 is 5.20. The number of carbonyl (C=O) groups is 1. The van der Waals surface area contributed by atoms with E-state index >= 15 is 0 Å². The van der Waals surface area contributed by atoms with E-state index in [2.05, 4.69) is 4.98 Å². The van der Waals surface area contributed by atoms with Gasteiger partial charge in [-0.2, -0.15) is 0 Å². The standard InChI is InChI=1S/C16H15Cl2NO3/c17-14-7-19-8-15(18)13(14)5-6-16(21)22-10-12-3-1-11(9-20)2-4-12/h1-4,7-8,20H,5-6,9-10H2. The summed E-state index contributed by atoms with van der Waals surface area (Å²) in [4.78, 5) is 15.6. The molecule has 0 amide bonds. The fourth-order valence-corrected chi connectivity index (χ4v) is 2.43. The van der Waals surface area contributed by atoms with Crippen LogP contribution in [-0.2, 0) is 29.2 Å². The maximum Gasteiger partial charge on any atom is 0.306 e. The summed E-state index contributed by atoms with van der Waals surface area (Å²) in [6, 6.07) is 7.21. The maximum absolute atomic E-state index is 11.8. The van der Waals surface area contributed by atoms with Crippen molar-refractivity contribution in [2.75, 3.05) is 0 Å². The highest BCUT2D eigenvalue weighted by Gasteiger charge is 2.10. The van der Waals surface area contributed by atoms with Crippen LogP contribution in [0.4, 0.5) is 0 Å². The van der Waals surface area contributed by atoms with E-state index in [0.717, 1.165) is 11.1 Å². The highest BCUT2D eigenvalue weighted by atomic mass is 35.5. The Bertz CT molecular complexity index is 624. The Labute approximate surface area is 138 Å². The summed E-state index contributed by atoms with van der Waals surface area (Å²) in [5.41, 5.74) is 2.38. The van der Waals surface area contributed by atoms with Crippen LogP contribution < -0.4 is 0 Å². The Kier molecular flexibility index (Phi) is 6.19. The predicted octanol–water partition coefficient (Wildman–Crippen LogP) is 3.56. The first-order valence-corrected chi connectivity index (χ1v) is 7.48. The van der Waals surface area contributed by atoms with Crippen molar-refractivity contribution in [3.63, 3.8) is 0 Å².